The van der Waals surface area contributed by atoms with E-state index in [1.165, 1.54) is 84.7 Å². The van der Waals surface area contributed by atoms with Crippen LogP contribution in [0.3, 0.4) is 0 Å². The molecule has 1 nitrogen and oxygen atoms in total. The highest BCUT2D eigenvalue weighted by atomic mass is 14.5. The van der Waals surface area contributed by atoms with Gasteiger partial charge < -0.3 is 0 Å². The van der Waals surface area contributed by atoms with Gasteiger partial charge in [-0.3, -0.25) is 0 Å². The highest BCUT2D eigenvalue weighted by Crippen LogP contribution is 2.52. The van der Waals surface area contributed by atoms with E-state index in [1.54, 1.807) is 5.56 Å². The van der Waals surface area contributed by atoms with Gasteiger partial charge in [0.1, 0.15) is 0 Å². The second kappa shape index (κ2) is 13.3. The van der Waals surface area contributed by atoms with Crippen molar-refractivity contribution in [1.29, 1.82) is 5.26 Å². The largest absolute Gasteiger partial charge is 0.192 e. The molecule has 6 atom stereocenters. The summed E-state index contributed by atoms with van der Waals surface area (Å²) in [7, 11) is 0. The Balaban J connectivity index is 1.17. The molecule has 6 rings (SSSR count). The van der Waals surface area contributed by atoms with Gasteiger partial charge in [-0.1, -0.05) is 117 Å². The number of nitriles is 1. The lowest BCUT2D eigenvalue weighted by atomic mass is 9.59. The third-order valence-corrected chi connectivity index (χ3v) is 11.0. The van der Waals surface area contributed by atoms with Crippen LogP contribution >= 0.6 is 0 Å². The lowest BCUT2D eigenvalue weighted by molar-refractivity contribution is 0.0678. The molecule has 4 aromatic rings. The van der Waals surface area contributed by atoms with Gasteiger partial charge in [0.05, 0.1) is 11.6 Å². The number of nitrogens with zero attached hydrogens (tertiary/aromatic N) is 1. The van der Waals surface area contributed by atoms with E-state index in [-0.39, 0.29) is 0 Å². The van der Waals surface area contributed by atoms with Crippen LogP contribution in [0.5, 0.6) is 0 Å². The summed E-state index contributed by atoms with van der Waals surface area (Å²) in [4.78, 5) is 0. The van der Waals surface area contributed by atoms with Crippen LogP contribution in [0.15, 0.2) is 97.1 Å². The Morgan fingerprint density at radius 3 is 1.58 bits per heavy atom. The van der Waals surface area contributed by atoms with E-state index >= 15 is 0 Å². The first kappa shape index (κ1) is 29.4. The summed E-state index contributed by atoms with van der Waals surface area (Å²) in [5, 5.41) is 9.14. The Morgan fingerprint density at radius 2 is 1.07 bits per heavy atom. The van der Waals surface area contributed by atoms with Crippen LogP contribution in [0.2, 0.25) is 0 Å². The number of rotatable bonds is 7. The molecule has 6 unspecified atom stereocenters. The van der Waals surface area contributed by atoms with Gasteiger partial charge in [-0.15, -0.1) is 0 Å². The average molecular weight is 566 g/mol. The number of aryl methyl sites for hydroxylation is 1. The van der Waals surface area contributed by atoms with Crippen LogP contribution in [0.1, 0.15) is 99.3 Å². The molecular formula is C42H47N. The molecule has 220 valence electrons. The highest BCUT2D eigenvalue weighted by Gasteiger charge is 2.40. The molecule has 0 saturated heterocycles. The van der Waals surface area contributed by atoms with Gasteiger partial charge in [-0.05, 0) is 126 Å². The second-order valence-electron chi connectivity index (χ2n) is 13.7. The molecule has 0 amide bonds. The fraction of sp³-hybridized carbons (Fsp3) is 0.405. The Morgan fingerprint density at radius 1 is 0.605 bits per heavy atom. The molecule has 0 N–H and O–H groups in total. The molecule has 0 bridgehead atoms. The molecule has 0 spiro atoms. The summed E-state index contributed by atoms with van der Waals surface area (Å²) in [5.74, 6) is 4.66. The van der Waals surface area contributed by atoms with Crippen LogP contribution in [0.25, 0.3) is 22.3 Å². The predicted molar refractivity (Wildman–Crippen MR) is 181 cm³/mol. The molecule has 2 fully saturated rings. The zero-order valence-corrected chi connectivity index (χ0v) is 26.3. The summed E-state index contributed by atoms with van der Waals surface area (Å²) in [5.41, 5.74) is 10.2. The lowest BCUT2D eigenvalue weighted by Crippen LogP contribution is -2.36. The van der Waals surface area contributed by atoms with E-state index < -0.39 is 0 Å². The molecule has 0 aromatic heterocycles. The first-order chi connectivity index (χ1) is 21.0. The minimum Gasteiger partial charge on any atom is -0.192 e. The smallest absolute Gasteiger partial charge is 0.0991 e. The zero-order valence-electron chi connectivity index (χ0n) is 26.3. The fourth-order valence-corrected chi connectivity index (χ4v) is 8.46. The molecule has 2 aliphatic carbocycles. The Labute approximate surface area is 260 Å². The minimum absolute atomic E-state index is 0.660. The molecular weight excluding hydrogens is 518 g/mol. The van der Waals surface area contributed by atoms with Gasteiger partial charge in [0, 0.05) is 0 Å². The fourth-order valence-electron chi connectivity index (χ4n) is 8.46. The van der Waals surface area contributed by atoms with Crippen molar-refractivity contribution in [2.75, 3.05) is 0 Å². The normalized spacial score (nSPS) is 25.6. The maximum Gasteiger partial charge on any atom is 0.0991 e. The minimum atomic E-state index is 0.660. The van der Waals surface area contributed by atoms with Gasteiger partial charge in [0.15, 0.2) is 0 Å². The topological polar surface area (TPSA) is 23.8 Å². The molecule has 0 heterocycles. The van der Waals surface area contributed by atoms with Crippen molar-refractivity contribution >= 4 is 0 Å². The summed E-state index contributed by atoms with van der Waals surface area (Å²) < 4.78 is 0. The maximum absolute atomic E-state index is 9.14. The molecule has 4 aromatic carbocycles. The van der Waals surface area contributed by atoms with Crippen molar-refractivity contribution in [3.05, 3.63) is 119 Å². The van der Waals surface area contributed by atoms with Crippen molar-refractivity contribution in [2.24, 2.45) is 23.7 Å². The summed E-state index contributed by atoms with van der Waals surface area (Å²) >= 11 is 0. The molecule has 2 aliphatic rings. The van der Waals surface area contributed by atoms with Crippen LogP contribution in [-0.2, 0) is 0 Å². The van der Waals surface area contributed by atoms with Gasteiger partial charge in [0.25, 0.3) is 0 Å². The molecule has 0 radical (unpaired) electrons. The second-order valence-corrected chi connectivity index (χ2v) is 13.7. The highest BCUT2D eigenvalue weighted by molar-refractivity contribution is 5.65. The van der Waals surface area contributed by atoms with E-state index in [0.29, 0.717) is 17.4 Å². The average Bonchev–Trinajstić information content (AvgIpc) is 3.06. The van der Waals surface area contributed by atoms with Gasteiger partial charge in [-0.2, -0.15) is 5.26 Å². The molecule has 0 aliphatic heterocycles. The predicted octanol–water partition coefficient (Wildman–Crippen LogP) is 11.7. The quantitative estimate of drug-likeness (QED) is 0.219. The SMILES string of the molecule is CCCC1CCC(c2ccc(-c3ccc(C)cc3)cc2)CC1C1CC(c2ccc(-c3ccc(C#N)cc3)cc2)CCC1C. The first-order valence-electron chi connectivity index (χ1n) is 16.8. The Bertz CT molecular complexity index is 1500. The summed E-state index contributed by atoms with van der Waals surface area (Å²) in [6.07, 6.45) is 10.8. The third kappa shape index (κ3) is 6.65. The van der Waals surface area contributed by atoms with Crippen molar-refractivity contribution in [1.82, 2.24) is 0 Å². The maximum atomic E-state index is 9.14. The Kier molecular flexibility index (Phi) is 9.14. The van der Waals surface area contributed by atoms with E-state index in [9.17, 15) is 0 Å². The summed E-state index contributed by atoms with van der Waals surface area (Å²) in [6.45, 7) is 7.09. The van der Waals surface area contributed by atoms with E-state index in [1.807, 2.05) is 12.1 Å². The molecule has 1 heteroatoms. The molecule has 43 heavy (non-hydrogen) atoms. The Hall–Kier alpha value is -3.63. The van der Waals surface area contributed by atoms with E-state index in [0.717, 1.165) is 23.7 Å². The van der Waals surface area contributed by atoms with Crippen molar-refractivity contribution < 1.29 is 0 Å². The number of hydrogen-bond acceptors (Lipinski definition) is 1. The summed E-state index contributed by atoms with van der Waals surface area (Å²) in [6, 6.07) is 38.0. The standard InChI is InChI=1S/C42H47N/c1-4-5-38-24-25-40(37-22-16-34(17-23-37)32-11-6-29(2)7-12-32)27-42(38)41-26-39(13-8-30(41)3)36-20-18-35(19-21-36)33-14-9-31(28-43)10-15-33/h6-7,9-12,14-23,30,38-42H,4-5,8,13,24-27H2,1-3H3. The number of benzene rings is 4. The van der Waals surface area contributed by atoms with Crippen molar-refractivity contribution in [3.63, 3.8) is 0 Å². The van der Waals surface area contributed by atoms with Crippen LogP contribution in [-0.4, -0.2) is 0 Å². The van der Waals surface area contributed by atoms with E-state index in [2.05, 4.69) is 112 Å². The van der Waals surface area contributed by atoms with Gasteiger partial charge >= 0.3 is 0 Å². The van der Waals surface area contributed by atoms with Crippen LogP contribution < -0.4 is 0 Å². The van der Waals surface area contributed by atoms with Gasteiger partial charge in [0.2, 0.25) is 0 Å². The third-order valence-electron chi connectivity index (χ3n) is 11.0. The van der Waals surface area contributed by atoms with Gasteiger partial charge in [-0.25, -0.2) is 0 Å². The first-order valence-corrected chi connectivity index (χ1v) is 16.8. The van der Waals surface area contributed by atoms with Crippen molar-refractivity contribution in [2.45, 2.75) is 84.0 Å². The monoisotopic (exact) mass is 565 g/mol. The lowest BCUT2D eigenvalue weighted by Gasteiger charge is -2.46. The van der Waals surface area contributed by atoms with Crippen molar-refractivity contribution in [3.8, 4) is 28.3 Å². The van der Waals surface area contributed by atoms with E-state index in [4.69, 9.17) is 5.26 Å². The number of hydrogen-bond donors (Lipinski definition) is 0. The zero-order chi connectivity index (χ0) is 29.8. The van der Waals surface area contributed by atoms with Crippen LogP contribution in [0, 0.1) is 41.9 Å². The molecule has 2 saturated carbocycles. The van der Waals surface area contributed by atoms with Crippen LogP contribution in [0.4, 0.5) is 0 Å².